The molecule has 0 radical (unpaired) electrons. The third-order valence-corrected chi connectivity index (χ3v) is 4.98. The Labute approximate surface area is 130 Å². The van der Waals surface area contributed by atoms with Crippen molar-refractivity contribution in [2.45, 2.75) is 56.8 Å². The van der Waals surface area contributed by atoms with E-state index >= 15 is 0 Å². The zero-order chi connectivity index (χ0) is 14.4. The van der Waals surface area contributed by atoms with Crippen LogP contribution in [0.5, 0.6) is 0 Å². The summed E-state index contributed by atoms with van der Waals surface area (Å²) in [4.78, 5) is 12.3. The number of carbonyl (C=O) groups excluding carboxylic acids is 1. The Balaban J connectivity index is 1.91. The van der Waals surface area contributed by atoms with Crippen LogP contribution in [-0.2, 0) is 5.33 Å². The quantitative estimate of drug-likeness (QED) is 0.627. The van der Waals surface area contributed by atoms with Crippen LogP contribution in [0.25, 0.3) is 0 Å². The first-order valence-electron chi connectivity index (χ1n) is 7.66. The van der Waals surface area contributed by atoms with Gasteiger partial charge in [0.2, 0.25) is 0 Å². The molecule has 1 aromatic rings. The summed E-state index contributed by atoms with van der Waals surface area (Å²) in [7, 11) is 0. The van der Waals surface area contributed by atoms with Gasteiger partial charge in [0.25, 0.3) is 5.91 Å². The van der Waals surface area contributed by atoms with Gasteiger partial charge in [-0.3, -0.25) is 4.79 Å². The fourth-order valence-electron chi connectivity index (χ4n) is 2.96. The Morgan fingerprint density at radius 1 is 1.20 bits per heavy atom. The molecule has 2 nitrogen and oxygen atoms in total. The van der Waals surface area contributed by atoms with Crippen molar-refractivity contribution in [3.8, 4) is 0 Å². The minimum atomic E-state index is 0.0582. The van der Waals surface area contributed by atoms with Gasteiger partial charge in [0.1, 0.15) is 0 Å². The lowest BCUT2D eigenvalue weighted by atomic mass is 9.93. The Hall–Kier alpha value is -0.830. The van der Waals surface area contributed by atoms with E-state index in [1.807, 2.05) is 24.3 Å². The van der Waals surface area contributed by atoms with Gasteiger partial charge < -0.3 is 5.32 Å². The summed E-state index contributed by atoms with van der Waals surface area (Å²) in [6.45, 7) is 2.15. The van der Waals surface area contributed by atoms with E-state index in [4.69, 9.17) is 0 Å². The lowest BCUT2D eigenvalue weighted by molar-refractivity contribution is 0.0924. The molecule has 1 atom stereocenters. The van der Waals surface area contributed by atoms with Gasteiger partial charge in [-0.15, -0.1) is 0 Å². The fraction of sp³-hybridized carbons (Fsp3) is 0.588. The van der Waals surface area contributed by atoms with Gasteiger partial charge >= 0.3 is 0 Å². The summed E-state index contributed by atoms with van der Waals surface area (Å²) in [6, 6.07) is 8.09. The predicted molar refractivity (Wildman–Crippen MR) is 87.2 cm³/mol. The van der Waals surface area contributed by atoms with Gasteiger partial charge in [-0.05, 0) is 43.4 Å². The normalized spacial score (nSPS) is 18.3. The number of benzene rings is 1. The molecule has 2 rings (SSSR count). The summed E-state index contributed by atoms with van der Waals surface area (Å²) in [5.74, 6) is 0.700. The summed E-state index contributed by atoms with van der Waals surface area (Å²) in [6.07, 6.45) is 7.83. The smallest absolute Gasteiger partial charge is 0.251 e. The molecule has 1 saturated carbocycles. The highest BCUT2D eigenvalue weighted by molar-refractivity contribution is 9.08. The molecule has 0 heterocycles. The van der Waals surface area contributed by atoms with E-state index in [2.05, 4.69) is 28.2 Å². The standard InChI is InChI=1S/C17H24BrNO/c1-13(15-6-4-2-3-5-7-15)19-17(20)16-10-8-14(12-18)9-11-16/h8-11,13,15H,2-7,12H2,1H3,(H,19,20)/t13-/m0/s1. The van der Waals surface area contributed by atoms with Gasteiger partial charge in [-0.2, -0.15) is 0 Å². The Kier molecular flexibility index (Phi) is 6.08. The molecule has 1 aromatic carbocycles. The molecule has 1 aliphatic rings. The summed E-state index contributed by atoms with van der Waals surface area (Å²) in [5, 5.41) is 4.01. The van der Waals surface area contributed by atoms with Crippen LogP contribution in [-0.4, -0.2) is 11.9 Å². The van der Waals surface area contributed by atoms with Crippen molar-refractivity contribution in [1.82, 2.24) is 5.32 Å². The lowest BCUT2D eigenvalue weighted by Crippen LogP contribution is -2.38. The first-order valence-corrected chi connectivity index (χ1v) is 8.78. The van der Waals surface area contributed by atoms with Crippen LogP contribution in [0.3, 0.4) is 0 Å². The fourth-order valence-corrected chi connectivity index (χ4v) is 3.34. The number of alkyl halides is 1. The average Bonchev–Trinajstić information content (AvgIpc) is 2.76. The van der Waals surface area contributed by atoms with Crippen molar-refractivity contribution in [1.29, 1.82) is 0 Å². The molecule has 1 fully saturated rings. The van der Waals surface area contributed by atoms with Crippen molar-refractivity contribution in [2.75, 3.05) is 0 Å². The van der Waals surface area contributed by atoms with Crippen LogP contribution < -0.4 is 5.32 Å². The number of halogens is 1. The third kappa shape index (κ3) is 4.34. The number of hydrogen-bond acceptors (Lipinski definition) is 1. The van der Waals surface area contributed by atoms with Gasteiger partial charge in [-0.25, -0.2) is 0 Å². The van der Waals surface area contributed by atoms with Gasteiger partial charge in [0.05, 0.1) is 0 Å². The topological polar surface area (TPSA) is 29.1 Å². The van der Waals surface area contributed by atoms with E-state index in [0.717, 1.165) is 10.9 Å². The van der Waals surface area contributed by atoms with E-state index in [1.54, 1.807) is 0 Å². The zero-order valence-electron chi connectivity index (χ0n) is 12.2. The molecule has 1 N–H and O–H groups in total. The molecule has 0 aliphatic heterocycles. The van der Waals surface area contributed by atoms with Gasteiger partial charge in [0, 0.05) is 16.9 Å². The molecular weight excluding hydrogens is 314 g/mol. The van der Waals surface area contributed by atoms with Gasteiger partial charge in [-0.1, -0.05) is 53.7 Å². The van der Waals surface area contributed by atoms with E-state index in [1.165, 1.54) is 44.1 Å². The molecule has 0 bridgehead atoms. The van der Waals surface area contributed by atoms with Gasteiger partial charge in [0.15, 0.2) is 0 Å². The van der Waals surface area contributed by atoms with Crippen molar-refractivity contribution < 1.29 is 4.79 Å². The monoisotopic (exact) mass is 337 g/mol. The molecule has 0 saturated heterocycles. The first-order chi connectivity index (χ1) is 9.70. The summed E-state index contributed by atoms with van der Waals surface area (Å²) in [5.41, 5.74) is 1.95. The number of carbonyl (C=O) groups is 1. The predicted octanol–water partition coefficient (Wildman–Crippen LogP) is 4.67. The second-order valence-electron chi connectivity index (χ2n) is 5.84. The highest BCUT2D eigenvalue weighted by Crippen LogP contribution is 2.25. The molecule has 20 heavy (non-hydrogen) atoms. The Morgan fingerprint density at radius 3 is 2.35 bits per heavy atom. The minimum Gasteiger partial charge on any atom is -0.349 e. The van der Waals surface area contributed by atoms with E-state index in [-0.39, 0.29) is 11.9 Å². The highest BCUT2D eigenvalue weighted by Gasteiger charge is 2.20. The molecule has 1 amide bonds. The van der Waals surface area contributed by atoms with Crippen LogP contribution in [0.15, 0.2) is 24.3 Å². The van der Waals surface area contributed by atoms with Crippen molar-refractivity contribution >= 4 is 21.8 Å². The molecule has 0 spiro atoms. The summed E-state index contributed by atoms with van der Waals surface area (Å²) >= 11 is 3.42. The maximum absolute atomic E-state index is 12.3. The van der Waals surface area contributed by atoms with Crippen molar-refractivity contribution in [3.63, 3.8) is 0 Å². The Bertz CT molecular complexity index is 421. The maximum atomic E-state index is 12.3. The third-order valence-electron chi connectivity index (χ3n) is 4.34. The van der Waals surface area contributed by atoms with E-state index in [0.29, 0.717) is 5.92 Å². The average molecular weight is 338 g/mol. The molecule has 110 valence electrons. The number of hydrogen-bond donors (Lipinski definition) is 1. The van der Waals surface area contributed by atoms with Crippen LogP contribution in [0.4, 0.5) is 0 Å². The number of nitrogens with one attached hydrogen (secondary N) is 1. The maximum Gasteiger partial charge on any atom is 0.251 e. The SMILES string of the molecule is C[C@H](NC(=O)c1ccc(CBr)cc1)C1CCCCCC1. The second-order valence-corrected chi connectivity index (χ2v) is 6.41. The number of rotatable bonds is 4. The van der Waals surface area contributed by atoms with E-state index in [9.17, 15) is 4.79 Å². The van der Waals surface area contributed by atoms with E-state index < -0.39 is 0 Å². The molecular formula is C17H24BrNO. The second kappa shape index (κ2) is 7.82. The number of amides is 1. The zero-order valence-corrected chi connectivity index (χ0v) is 13.8. The highest BCUT2D eigenvalue weighted by atomic mass is 79.9. The minimum absolute atomic E-state index is 0.0582. The molecule has 0 unspecified atom stereocenters. The Morgan fingerprint density at radius 2 is 1.80 bits per heavy atom. The largest absolute Gasteiger partial charge is 0.349 e. The summed E-state index contributed by atoms with van der Waals surface area (Å²) < 4.78 is 0. The molecule has 0 aromatic heterocycles. The van der Waals surface area contributed by atoms with Crippen LogP contribution >= 0.6 is 15.9 Å². The van der Waals surface area contributed by atoms with Crippen molar-refractivity contribution in [2.24, 2.45) is 5.92 Å². The van der Waals surface area contributed by atoms with Crippen LogP contribution in [0.2, 0.25) is 0 Å². The molecule has 3 heteroatoms. The van der Waals surface area contributed by atoms with Crippen LogP contribution in [0.1, 0.15) is 61.4 Å². The molecule has 1 aliphatic carbocycles. The van der Waals surface area contributed by atoms with Crippen LogP contribution in [0, 0.1) is 5.92 Å². The lowest BCUT2D eigenvalue weighted by Gasteiger charge is -2.23. The first kappa shape index (κ1) is 15.6. The van der Waals surface area contributed by atoms with Crippen molar-refractivity contribution in [3.05, 3.63) is 35.4 Å².